The minimum atomic E-state index is 0.0649. The molecule has 2 rings (SSSR count). The Morgan fingerprint density at radius 2 is 2.32 bits per heavy atom. The molecule has 1 saturated heterocycles. The van der Waals surface area contributed by atoms with Crippen molar-refractivity contribution in [3.8, 4) is 5.75 Å². The van der Waals surface area contributed by atoms with E-state index in [2.05, 4.69) is 10.6 Å². The van der Waals surface area contributed by atoms with Crippen molar-refractivity contribution in [2.24, 2.45) is 5.92 Å². The van der Waals surface area contributed by atoms with Gasteiger partial charge in [0.15, 0.2) is 0 Å². The zero-order valence-corrected chi connectivity index (χ0v) is 11.4. The van der Waals surface area contributed by atoms with Gasteiger partial charge >= 0.3 is 0 Å². The van der Waals surface area contributed by atoms with Crippen LogP contribution >= 0.6 is 0 Å². The van der Waals surface area contributed by atoms with Crippen molar-refractivity contribution < 1.29 is 9.53 Å². The number of carbonyl (C=O) groups is 1. The van der Waals surface area contributed by atoms with E-state index in [0.29, 0.717) is 12.3 Å². The van der Waals surface area contributed by atoms with E-state index in [4.69, 9.17) is 4.74 Å². The molecule has 0 bridgehead atoms. The Balaban J connectivity index is 1.80. The molecule has 0 aliphatic carbocycles. The van der Waals surface area contributed by atoms with Crippen LogP contribution in [0.4, 0.5) is 0 Å². The topological polar surface area (TPSA) is 50.4 Å². The Kier molecular flexibility index (Phi) is 5.21. The van der Waals surface area contributed by atoms with Crippen molar-refractivity contribution in [2.45, 2.75) is 19.3 Å². The smallest absolute Gasteiger partial charge is 0.224 e. The molecule has 0 spiro atoms. The van der Waals surface area contributed by atoms with Crippen LogP contribution in [0.5, 0.6) is 5.75 Å². The second kappa shape index (κ2) is 7.14. The molecule has 2 N–H and O–H groups in total. The molecule has 1 aliphatic heterocycles. The number of hydrogen-bond donors (Lipinski definition) is 2. The molecular formula is C15H22N2O2. The number of rotatable bonds is 5. The van der Waals surface area contributed by atoms with E-state index >= 15 is 0 Å². The summed E-state index contributed by atoms with van der Waals surface area (Å²) in [5.41, 5.74) is 0.935. The Morgan fingerprint density at radius 3 is 3.05 bits per heavy atom. The van der Waals surface area contributed by atoms with Crippen molar-refractivity contribution in [1.29, 1.82) is 0 Å². The van der Waals surface area contributed by atoms with E-state index in [1.54, 1.807) is 7.11 Å². The summed E-state index contributed by atoms with van der Waals surface area (Å²) in [4.78, 5) is 11.9. The molecule has 1 aromatic rings. The number of nitrogens with one attached hydrogen (secondary N) is 2. The molecule has 1 heterocycles. The quantitative estimate of drug-likeness (QED) is 0.842. The SMILES string of the molecule is COc1ccccc1CC(=O)NCC1CCCNC1. The fraction of sp³-hybridized carbons (Fsp3) is 0.533. The predicted octanol–water partition coefficient (Wildman–Crippen LogP) is 1.35. The van der Waals surface area contributed by atoms with Crippen molar-refractivity contribution in [1.82, 2.24) is 10.6 Å². The molecule has 4 heteroatoms. The third kappa shape index (κ3) is 4.24. The minimum Gasteiger partial charge on any atom is -0.496 e. The molecule has 1 aliphatic rings. The van der Waals surface area contributed by atoms with Crippen LogP contribution in [-0.2, 0) is 11.2 Å². The molecule has 1 atom stereocenters. The summed E-state index contributed by atoms with van der Waals surface area (Å²) < 4.78 is 5.25. The van der Waals surface area contributed by atoms with Crippen molar-refractivity contribution >= 4 is 5.91 Å². The second-order valence-electron chi connectivity index (χ2n) is 5.01. The highest BCUT2D eigenvalue weighted by atomic mass is 16.5. The second-order valence-corrected chi connectivity index (χ2v) is 5.01. The Hall–Kier alpha value is -1.55. The van der Waals surface area contributed by atoms with Gasteiger partial charge in [-0.2, -0.15) is 0 Å². The van der Waals surface area contributed by atoms with Crippen molar-refractivity contribution in [2.75, 3.05) is 26.7 Å². The van der Waals surface area contributed by atoms with E-state index in [-0.39, 0.29) is 5.91 Å². The zero-order valence-electron chi connectivity index (χ0n) is 11.4. The van der Waals surface area contributed by atoms with Gasteiger partial charge in [-0.05, 0) is 37.9 Å². The summed E-state index contributed by atoms with van der Waals surface area (Å²) in [7, 11) is 1.63. The van der Waals surface area contributed by atoms with Gasteiger partial charge in [0.05, 0.1) is 13.5 Å². The fourth-order valence-electron chi connectivity index (χ4n) is 2.44. The highest BCUT2D eigenvalue weighted by Crippen LogP contribution is 2.17. The molecule has 0 aromatic heterocycles. The highest BCUT2D eigenvalue weighted by Gasteiger charge is 2.14. The van der Waals surface area contributed by atoms with Crippen LogP contribution in [0, 0.1) is 5.92 Å². The van der Waals surface area contributed by atoms with Crippen LogP contribution < -0.4 is 15.4 Å². The van der Waals surface area contributed by atoms with Gasteiger partial charge in [-0.3, -0.25) is 4.79 Å². The summed E-state index contributed by atoms with van der Waals surface area (Å²) in [5.74, 6) is 1.41. The molecule has 104 valence electrons. The van der Waals surface area contributed by atoms with E-state index in [1.807, 2.05) is 24.3 Å². The largest absolute Gasteiger partial charge is 0.496 e. The number of methoxy groups -OCH3 is 1. The molecule has 1 unspecified atom stereocenters. The summed E-state index contributed by atoms with van der Waals surface area (Å²) in [6, 6.07) is 7.65. The number of piperidine rings is 1. The average Bonchev–Trinajstić information content (AvgIpc) is 2.47. The molecule has 1 fully saturated rings. The van der Waals surface area contributed by atoms with Gasteiger partial charge in [-0.25, -0.2) is 0 Å². The first-order valence-electron chi connectivity index (χ1n) is 6.89. The maximum absolute atomic E-state index is 11.9. The standard InChI is InChI=1S/C15H22N2O2/c1-19-14-7-3-2-6-13(14)9-15(18)17-11-12-5-4-8-16-10-12/h2-3,6-7,12,16H,4-5,8-11H2,1H3,(H,17,18). The van der Waals surface area contributed by atoms with Crippen LogP contribution in [0.1, 0.15) is 18.4 Å². The maximum atomic E-state index is 11.9. The molecule has 4 nitrogen and oxygen atoms in total. The van der Waals surface area contributed by atoms with Crippen molar-refractivity contribution in [3.05, 3.63) is 29.8 Å². The fourth-order valence-corrected chi connectivity index (χ4v) is 2.44. The number of para-hydroxylation sites is 1. The van der Waals surface area contributed by atoms with Crippen LogP contribution in [0.25, 0.3) is 0 Å². The maximum Gasteiger partial charge on any atom is 0.224 e. The summed E-state index contributed by atoms with van der Waals surface area (Å²) >= 11 is 0. The van der Waals surface area contributed by atoms with E-state index in [0.717, 1.165) is 30.9 Å². The van der Waals surface area contributed by atoms with E-state index in [9.17, 15) is 4.79 Å². The molecule has 0 radical (unpaired) electrons. The zero-order chi connectivity index (χ0) is 13.5. The third-order valence-electron chi connectivity index (χ3n) is 3.53. The predicted molar refractivity (Wildman–Crippen MR) is 75.3 cm³/mol. The monoisotopic (exact) mass is 262 g/mol. The Bertz CT molecular complexity index is 414. The Labute approximate surface area is 114 Å². The third-order valence-corrected chi connectivity index (χ3v) is 3.53. The molecular weight excluding hydrogens is 240 g/mol. The van der Waals surface area contributed by atoms with Gasteiger partial charge in [-0.15, -0.1) is 0 Å². The van der Waals surface area contributed by atoms with Crippen LogP contribution in [-0.4, -0.2) is 32.7 Å². The first kappa shape index (κ1) is 13.9. The first-order chi connectivity index (χ1) is 9.29. The normalized spacial score (nSPS) is 18.9. The summed E-state index contributed by atoms with van der Waals surface area (Å²) in [5, 5.41) is 6.37. The lowest BCUT2D eigenvalue weighted by Gasteiger charge is -2.22. The summed E-state index contributed by atoms with van der Waals surface area (Å²) in [6.07, 6.45) is 2.78. The van der Waals surface area contributed by atoms with Crippen LogP contribution in [0.3, 0.4) is 0 Å². The van der Waals surface area contributed by atoms with Crippen LogP contribution in [0.2, 0.25) is 0 Å². The first-order valence-corrected chi connectivity index (χ1v) is 6.89. The number of amides is 1. The van der Waals surface area contributed by atoms with Crippen molar-refractivity contribution in [3.63, 3.8) is 0 Å². The van der Waals surface area contributed by atoms with Crippen LogP contribution in [0.15, 0.2) is 24.3 Å². The van der Waals surface area contributed by atoms with Gasteiger partial charge in [0.2, 0.25) is 5.91 Å². The number of carbonyl (C=O) groups excluding carboxylic acids is 1. The van der Waals surface area contributed by atoms with Gasteiger partial charge < -0.3 is 15.4 Å². The lowest BCUT2D eigenvalue weighted by Crippen LogP contribution is -2.38. The van der Waals surface area contributed by atoms with Gasteiger partial charge in [0.1, 0.15) is 5.75 Å². The number of ether oxygens (including phenoxy) is 1. The van der Waals surface area contributed by atoms with Gasteiger partial charge in [0, 0.05) is 12.1 Å². The summed E-state index contributed by atoms with van der Waals surface area (Å²) in [6.45, 7) is 2.88. The van der Waals surface area contributed by atoms with Gasteiger partial charge in [0.25, 0.3) is 0 Å². The molecule has 0 saturated carbocycles. The highest BCUT2D eigenvalue weighted by molar-refractivity contribution is 5.79. The lowest BCUT2D eigenvalue weighted by molar-refractivity contribution is -0.120. The molecule has 1 amide bonds. The van der Waals surface area contributed by atoms with E-state index in [1.165, 1.54) is 12.8 Å². The minimum absolute atomic E-state index is 0.0649. The molecule has 19 heavy (non-hydrogen) atoms. The molecule has 1 aromatic carbocycles. The number of hydrogen-bond acceptors (Lipinski definition) is 3. The number of benzene rings is 1. The lowest BCUT2D eigenvalue weighted by atomic mass is 9.99. The van der Waals surface area contributed by atoms with E-state index < -0.39 is 0 Å². The van der Waals surface area contributed by atoms with Gasteiger partial charge in [-0.1, -0.05) is 18.2 Å². The Morgan fingerprint density at radius 1 is 1.47 bits per heavy atom. The average molecular weight is 262 g/mol.